The number of alkyl halides is 2. The van der Waals surface area contributed by atoms with Crippen LogP contribution in [-0.4, -0.2) is 34.3 Å². The van der Waals surface area contributed by atoms with Crippen LogP contribution in [0, 0.1) is 0 Å². The van der Waals surface area contributed by atoms with Gasteiger partial charge in [0.2, 0.25) is 0 Å². The first kappa shape index (κ1) is 19.8. The number of aromatic amines is 1. The summed E-state index contributed by atoms with van der Waals surface area (Å²) in [5.74, 6) is 0.440. The summed E-state index contributed by atoms with van der Waals surface area (Å²) >= 11 is 12.5. The largest absolute Gasteiger partial charge is 0.382 e. The predicted molar refractivity (Wildman–Crippen MR) is 109 cm³/mol. The van der Waals surface area contributed by atoms with Crippen LogP contribution < -0.4 is 10.9 Å². The molecular weight excluding hydrogens is 425 g/mol. The summed E-state index contributed by atoms with van der Waals surface area (Å²) in [5, 5.41) is 13.2. The number of nitrogens with one attached hydrogen (secondary N) is 2. The molecule has 0 fully saturated rings. The van der Waals surface area contributed by atoms with Crippen LogP contribution in [0.2, 0.25) is 10.0 Å². The monoisotopic (exact) mass is 438 g/mol. The fourth-order valence-corrected chi connectivity index (χ4v) is 3.86. The number of anilines is 2. The van der Waals surface area contributed by atoms with E-state index in [0.717, 1.165) is 5.56 Å². The van der Waals surface area contributed by atoms with E-state index in [9.17, 15) is 18.7 Å². The Kier molecular flexibility index (Phi) is 5.24. The van der Waals surface area contributed by atoms with Crippen molar-refractivity contribution in [3.8, 4) is 0 Å². The number of halogens is 4. The van der Waals surface area contributed by atoms with Crippen molar-refractivity contribution < 1.29 is 13.9 Å². The second-order valence-electron chi connectivity index (χ2n) is 6.47. The van der Waals surface area contributed by atoms with Gasteiger partial charge in [0, 0.05) is 30.1 Å². The highest BCUT2D eigenvalue weighted by Gasteiger charge is 2.23. The van der Waals surface area contributed by atoms with E-state index in [1.807, 2.05) is 0 Å². The number of aromatic nitrogens is 2. The summed E-state index contributed by atoms with van der Waals surface area (Å²) in [5.41, 5.74) is 1.79. The van der Waals surface area contributed by atoms with Crippen LogP contribution in [0.1, 0.15) is 22.8 Å². The van der Waals surface area contributed by atoms with Gasteiger partial charge in [-0.1, -0.05) is 23.2 Å². The Morgan fingerprint density at radius 2 is 1.97 bits per heavy atom. The van der Waals surface area contributed by atoms with E-state index < -0.39 is 12.5 Å². The minimum atomic E-state index is -2.97. The summed E-state index contributed by atoms with van der Waals surface area (Å²) in [6.45, 7) is 0.528. The van der Waals surface area contributed by atoms with Crippen LogP contribution in [-0.2, 0) is 6.42 Å². The molecule has 150 valence electrons. The van der Waals surface area contributed by atoms with Gasteiger partial charge in [-0.05, 0) is 30.2 Å². The lowest BCUT2D eigenvalue weighted by Gasteiger charge is -2.19. The number of rotatable bonds is 4. The van der Waals surface area contributed by atoms with E-state index in [0.29, 0.717) is 35.2 Å². The van der Waals surface area contributed by atoms with Crippen molar-refractivity contribution in [3.63, 3.8) is 0 Å². The third-order valence-electron chi connectivity index (χ3n) is 4.65. The van der Waals surface area contributed by atoms with Crippen LogP contribution in [0.5, 0.6) is 0 Å². The van der Waals surface area contributed by atoms with Crippen molar-refractivity contribution in [2.75, 3.05) is 11.9 Å². The van der Waals surface area contributed by atoms with E-state index in [1.165, 1.54) is 18.3 Å². The molecule has 1 aliphatic rings. The lowest BCUT2D eigenvalue weighted by Crippen LogP contribution is -2.15. The standard InChI is InChI=1S/C19H14Cl2F2N4O2/c20-11-5-8(16(28)17(22)23)6-12(21)15(11)27-18-9-1-3-24-7-10(9)14-13(26-18)2-4-25-19(14)29/h2,4-7,16-17,28H,1,3H2,(H,25,29)(H,26,27)/t16-/m0/s1. The van der Waals surface area contributed by atoms with Crippen LogP contribution in [0.3, 0.4) is 0 Å². The Morgan fingerprint density at radius 1 is 1.24 bits per heavy atom. The number of fused-ring (bicyclic) bond motifs is 3. The summed E-state index contributed by atoms with van der Waals surface area (Å²) in [7, 11) is 0. The maximum Gasteiger partial charge on any atom is 0.268 e. The topological polar surface area (TPSA) is 90.4 Å². The number of aliphatic hydroxyl groups excluding tert-OH is 1. The normalized spacial score (nSPS) is 14.3. The first-order valence-electron chi connectivity index (χ1n) is 8.63. The number of aliphatic hydroxyl groups is 1. The molecule has 1 atom stereocenters. The zero-order chi connectivity index (χ0) is 20.7. The van der Waals surface area contributed by atoms with Gasteiger partial charge in [0.05, 0.1) is 26.6 Å². The van der Waals surface area contributed by atoms with E-state index in [1.54, 1.807) is 12.3 Å². The first-order valence-corrected chi connectivity index (χ1v) is 9.38. The average molecular weight is 439 g/mol. The molecule has 3 heterocycles. The maximum absolute atomic E-state index is 12.8. The number of aliphatic imine (C=N–C) groups is 1. The van der Waals surface area contributed by atoms with E-state index >= 15 is 0 Å². The minimum absolute atomic E-state index is 0.0539. The molecule has 1 aliphatic heterocycles. The SMILES string of the molecule is O=c1[nH]ccc2nc(Nc3c(Cl)cc([C@H](O)C(F)F)cc3Cl)c3c(c12)C=NCC3. The molecule has 0 radical (unpaired) electrons. The lowest BCUT2D eigenvalue weighted by atomic mass is 10.00. The molecule has 0 aliphatic carbocycles. The van der Waals surface area contributed by atoms with Gasteiger partial charge in [0.25, 0.3) is 12.0 Å². The van der Waals surface area contributed by atoms with Gasteiger partial charge < -0.3 is 15.4 Å². The van der Waals surface area contributed by atoms with Crippen LogP contribution in [0.4, 0.5) is 20.3 Å². The maximum atomic E-state index is 12.8. The molecule has 3 N–H and O–H groups in total. The number of hydrogen-bond donors (Lipinski definition) is 3. The summed E-state index contributed by atoms with van der Waals surface area (Å²) in [6, 6.07) is 4.12. The highest BCUT2D eigenvalue weighted by atomic mass is 35.5. The number of nitrogens with zero attached hydrogens (tertiary/aromatic N) is 2. The molecule has 10 heteroatoms. The Morgan fingerprint density at radius 3 is 2.66 bits per heavy atom. The van der Waals surface area contributed by atoms with Gasteiger partial charge in [0.1, 0.15) is 11.9 Å². The summed E-state index contributed by atoms with van der Waals surface area (Å²) < 4.78 is 25.6. The van der Waals surface area contributed by atoms with Crippen molar-refractivity contribution in [3.05, 3.63) is 61.5 Å². The molecule has 0 bridgehead atoms. The molecule has 6 nitrogen and oxygen atoms in total. The molecule has 1 aromatic carbocycles. The highest BCUT2D eigenvalue weighted by molar-refractivity contribution is 6.39. The summed E-state index contributed by atoms with van der Waals surface area (Å²) in [6.07, 6.45) is -1.29. The van der Waals surface area contributed by atoms with E-state index in [-0.39, 0.29) is 26.9 Å². The smallest absolute Gasteiger partial charge is 0.268 e. The molecule has 0 saturated heterocycles. The third-order valence-corrected chi connectivity index (χ3v) is 5.25. The first-order chi connectivity index (χ1) is 13.9. The van der Waals surface area contributed by atoms with Crippen molar-refractivity contribution >= 4 is 51.8 Å². The van der Waals surface area contributed by atoms with Gasteiger partial charge in [-0.3, -0.25) is 9.79 Å². The van der Waals surface area contributed by atoms with Crippen molar-refractivity contribution in [2.45, 2.75) is 19.0 Å². The molecule has 3 aromatic rings. The van der Waals surface area contributed by atoms with Crippen LogP contribution in [0.25, 0.3) is 10.9 Å². The zero-order valence-corrected chi connectivity index (χ0v) is 16.2. The van der Waals surface area contributed by atoms with Gasteiger partial charge in [0.15, 0.2) is 0 Å². The second-order valence-corrected chi connectivity index (χ2v) is 7.28. The van der Waals surface area contributed by atoms with E-state index in [4.69, 9.17) is 23.2 Å². The third kappa shape index (κ3) is 3.59. The number of hydrogen-bond acceptors (Lipinski definition) is 5. The predicted octanol–water partition coefficient (Wildman–Crippen LogP) is 4.25. The molecule has 29 heavy (non-hydrogen) atoms. The van der Waals surface area contributed by atoms with Gasteiger partial charge in [-0.15, -0.1) is 0 Å². The summed E-state index contributed by atoms with van der Waals surface area (Å²) in [4.78, 5) is 23.7. The molecule has 0 saturated carbocycles. The molecule has 0 unspecified atom stereocenters. The molecule has 0 spiro atoms. The van der Waals surface area contributed by atoms with Gasteiger partial charge >= 0.3 is 0 Å². The number of pyridine rings is 2. The Bertz CT molecular complexity index is 1170. The molecular formula is C19H14Cl2F2N4O2. The Hall–Kier alpha value is -2.55. The van der Waals surface area contributed by atoms with E-state index in [2.05, 4.69) is 20.3 Å². The second kappa shape index (κ2) is 7.70. The fourth-order valence-electron chi connectivity index (χ4n) is 3.27. The molecule has 2 aromatic heterocycles. The number of H-pyrrole nitrogens is 1. The fraction of sp³-hybridized carbons (Fsp3) is 0.211. The van der Waals surface area contributed by atoms with Crippen LogP contribution >= 0.6 is 23.2 Å². The zero-order valence-electron chi connectivity index (χ0n) is 14.7. The Labute approximate surface area is 173 Å². The average Bonchev–Trinajstić information content (AvgIpc) is 2.69. The van der Waals surface area contributed by atoms with Gasteiger partial charge in [-0.25, -0.2) is 13.8 Å². The van der Waals surface area contributed by atoms with Crippen molar-refractivity contribution in [1.82, 2.24) is 9.97 Å². The lowest BCUT2D eigenvalue weighted by molar-refractivity contribution is -0.00576. The van der Waals surface area contributed by atoms with Crippen LogP contribution in [0.15, 0.2) is 34.2 Å². The van der Waals surface area contributed by atoms with Crippen molar-refractivity contribution in [2.24, 2.45) is 4.99 Å². The number of benzene rings is 1. The molecule has 4 rings (SSSR count). The Balaban J connectivity index is 1.83. The van der Waals surface area contributed by atoms with Gasteiger partial charge in [-0.2, -0.15) is 0 Å². The highest BCUT2D eigenvalue weighted by Crippen LogP contribution is 2.38. The molecule has 0 amide bonds. The quantitative estimate of drug-likeness (QED) is 0.567. The van der Waals surface area contributed by atoms with Crippen molar-refractivity contribution in [1.29, 1.82) is 0 Å². The minimum Gasteiger partial charge on any atom is -0.382 e.